The molecule has 3 rings (SSSR count). The van der Waals surface area contributed by atoms with Gasteiger partial charge in [-0.2, -0.15) is 0 Å². The largest absolute Gasteiger partial charge is 0.456 e. The Morgan fingerprint density at radius 3 is 2.54 bits per heavy atom. The molecule has 0 aliphatic rings. The van der Waals surface area contributed by atoms with Gasteiger partial charge >= 0.3 is 0 Å². The van der Waals surface area contributed by atoms with Crippen molar-refractivity contribution in [1.82, 2.24) is 0 Å². The molecule has 0 saturated heterocycles. The van der Waals surface area contributed by atoms with E-state index < -0.39 is 0 Å². The van der Waals surface area contributed by atoms with Gasteiger partial charge in [0.05, 0.1) is 0 Å². The number of aliphatic hydroxyl groups excluding tert-OH is 1. The van der Waals surface area contributed by atoms with Crippen molar-refractivity contribution in [2.45, 2.75) is 25.7 Å². The Balaban J connectivity index is 1.61. The van der Waals surface area contributed by atoms with Gasteiger partial charge in [0.25, 0.3) is 0 Å². The maximum absolute atomic E-state index is 11.9. The number of amides is 1. The number of fused-ring (bicyclic) bond motifs is 1. The number of hydrogen-bond acceptors (Lipinski definition) is 3. The minimum absolute atomic E-state index is 0.00410. The molecule has 4 heteroatoms. The van der Waals surface area contributed by atoms with Crippen LogP contribution in [0.15, 0.2) is 59.0 Å². The van der Waals surface area contributed by atoms with Gasteiger partial charge in [-0.15, -0.1) is 0 Å². The van der Waals surface area contributed by atoms with Crippen molar-refractivity contribution in [2.24, 2.45) is 0 Å². The highest BCUT2D eigenvalue weighted by atomic mass is 16.3. The summed E-state index contributed by atoms with van der Waals surface area (Å²) in [5.41, 5.74) is 2.63. The summed E-state index contributed by atoms with van der Waals surface area (Å²) in [6.45, 7) is 0.185. The zero-order valence-electron chi connectivity index (χ0n) is 13.5. The molecule has 1 amide bonds. The number of para-hydroxylation sites is 1. The van der Waals surface area contributed by atoms with Crippen molar-refractivity contribution in [3.63, 3.8) is 0 Å². The molecular formula is C20H21NO3. The number of aliphatic hydroxyl groups is 1. The highest BCUT2D eigenvalue weighted by molar-refractivity contribution is 5.91. The number of furan rings is 1. The molecule has 0 radical (unpaired) electrons. The van der Waals surface area contributed by atoms with Crippen molar-refractivity contribution < 1.29 is 14.3 Å². The number of anilines is 1. The van der Waals surface area contributed by atoms with Crippen LogP contribution in [0, 0.1) is 0 Å². The van der Waals surface area contributed by atoms with Gasteiger partial charge in [0, 0.05) is 29.7 Å². The molecule has 2 aromatic carbocycles. The van der Waals surface area contributed by atoms with Gasteiger partial charge in [-0.05, 0) is 49.2 Å². The third kappa shape index (κ3) is 4.03. The summed E-state index contributed by atoms with van der Waals surface area (Å²) in [5.74, 6) is 0.822. The van der Waals surface area contributed by atoms with Crippen LogP contribution in [0.2, 0.25) is 0 Å². The second kappa shape index (κ2) is 7.79. The third-order valence-corrected chi connectivity index (χ3v) is 3.94. The molecule has 0 bridgehead atoms. The molecule has 0 spiro atoms. The average molecular weight is 323 g/mol. The smallest absolute Gasteiger partial charge is 0.224 e. The normalized spacial score (nSPS) is 10.9. The molecule has 2 N–H and O–H groups in total. The topological polar surface area (TPSA) is 62.5 Å². The summed E-state index contributed by atoms with van der Waals surface area (Å²) in [4.78, 5) is 11.9. The summed E-state index contributed by atoms with van der Waals surface area (Å²) in [6, 6.07) is 17.6. The van der Waals surface area contributed by atoms with Gasteiger partial charge in [-0.3, -0.25) is 4.79 Å². The molecule has 0 fully saturated rings. The number of nitrogens with one attached hydrogen (secondary N) is 1. The molecule has 0 aliphatic heterocycles. The van der Waals surface area contributed by atoms with Crippen molar-refractivity contribution in [2.75, 3.05) is 11.9 Å². The number of carbonyl (C=O) groups excluding carboxylic acids is 1. The number of rotatable bonds is 7. The first-order chi connectivity index (χ1) is 11.8. The van der Waals surface area contributed by atoms with Crippen molar-refractivity contribution >= 4 is 22.6 Å². The van der Waals surface area contributed by atoms with Crippen molar-refractivity contribution in [3.8, 4) is 11.3 Å². The van der Waals surface area contributed by atoms with Crippen LogP contribution < -0.4 is 5.32 Å². The third-order valence-electron chi connectivity index (χ3n) is 3.94. The Morgan fingerprint density at radius 2 is 1.79 bits per heavy atom. The van der Waals surface area contributed by atoms with E-state index in [0.717, 1.165) is 47.2 Å². The van der Waals surface area contributed by atoms with E-state index in [2.05, 4.69) is 5.32 Å². The fraction of sp³-hybridized carbons (Fsp3) is 0.250. The van der Waals surface area contributed by atoms with Crippen molar-refractivity contribution in [1.29, 1.82) is 0 Å². The van der Waals surface area contributed by atoms with Crippen LogP contribution in [-0.4, -0.2) is 17.6 Å². The molecule has 0 atom stereocenters. The van der Waals surface area contributed by atoms with E-state index in [-0.39, 0.29) is 12.5 Å². The van der Waals surface area contributed by atoms with E-state index in [0.29, 0.717) is 6.42 Å². The molecule has 0 saturated carbocycles. The maximum Gasteiger partial charge on any atom is 0.224 e. The predicted molar refractivity (Wildman–Crippen MR) is 95.8 cm³/mol. The Bertz CT molecular complexity index is 772. The Hall–Kier alpha value is -2.59. The van der Waals surface area contributed by atoms with Crippen LogP contribution in [0.3, 0.4) is 0 Å². The molecular weight excluding hydrogens is 302 g/mol. The summed E-state index contributed by atoms with van der Waals surface area (Å²) in [7, 11) is 0. The predicted octanol–water partition coefficient (Wildman–Crippen LogP) is 4.59. The van der Waals surface area contributed by atoms with Crippen LogP contribution in [0.5, 0.6) is 0 Å². The van der Waals surface area contributed by atoms with E-state index in [1.165, 1.54) is 0 Å². The van der Waals surface area contributed by atoms with Gasteiger partial charge < -0.3 is 14.8 Å². The molecule has 3 aromatic rings. The number of unbranched alkanes of at least 4 members (excludes halogenated alkanes) is 2. The molecule has 1 aromatic heterocycles. The van der Waals surface area contributed by atoms with E-state index in [9.17, 15) is 4.79 Å². The lowest BCUT2D eigenvalue weighted by molar-refractivity contribution is -0.116. The second-order valence-electron chi connectivity index (χ2n) is 5.81. The van der Waals surface area contributed by atoms with E-state index in [1.54, 1.807) is 0 Å². The Kier molecular flexibility index (Phi) is 5.29. The molecule has 0 aliphatic carbocycles. The minimum Gasteiger partial charge on any atom is -0.456 e. The fourth-order valence-corrected chi connectivity index (χ4v) is 2.64. The van der Waals surface area contributed by atoms with Gasteiger partial charge in [-0.1, -0.05) is 24.6 Å². The van der Waals surface area contributed by atoms with E-state index in [1.807, 2.05) is 54.6 Å². The average Bonchev–Trinajstić information content (AvgIpc) is 3.03. The first kappa shape index (κ1) is 16.3. The summed E-state index contributed by atoms with van der Waals surface area (Å²) in [6.07, 6.45) is 2.89. The van der Waals surface area contributed by atoms with Gasteiger partial charge in [0.15, 0.2) is 0 Å². The number of hydrogen-bond donors (Lipinski definition) is 2. The Morgan fingerprint density at radius 1 is 1.00 bits per heavy atom. The van der Waals surface area contributed by atoms with E-state index >= 15 is 0 Å². The monoisotopic (exact) mass is 323 g/mol. The molecule has 24 heavy (non-hydrogen) atoms. The molecule has 124 valence electrons. The molecule has 1 heterocycles. The second-order valence-corrected chi connectivity index (χ2v) is 5.81. The zero-order valence-corrected chi connectivity index (χ0v) is 13.5. The Labute approximate surface area is 141 Å². The van der Waals surface area contributed by atoms with Crippen LogP contribution in [0.25, 0.3) is 22.3 Å². The van der Waals surface area contributed by atoms with E-state index in [4.69, 9.17) is 9.52 Å². The molecule has 0 unspecified atom stereocenters. The van der Waals surface area contributed by atoms with Gasteiger partial charge in [-0.25, -0.2) is 0 Å². The van der Waals surface area contributed by atoms with Crippen LogP contribution in [0.4, 0.5) is 5.69 Å². The van der Waals surface area contributed by atoms with Crippen LogP contribution in [-0.2, 0) is 4.79 Å². The van der Waals surface area contributed by atoms with Crippen molar-refractivity contribution in [3.05, 3.63) is 54.6 Å². The quantitative estimate of drug-likeness (QED) is 0.625. The fourth-order valence-electron chi connectivity index (χ4n) is 2.64. The minimum atomic E-state index is 0.00410. The number of carbonyl (C=O) groups is 1. The highest BCUT2D eigenvalue weighted by Crippen LogP contribution is 2.28. The first-order valence-corrected chi connectivity index (χ1v) is 8.26. The van der Waals surface area contributed by atoms with Gasteiger partial charge in [0.1, 0.15) is 11.3 Å². The first-order valence-electron chi connectivity index (χ1n) is 8.26. The summed E-state index contributed by atoms with van der Waals surface area (Å²) >= 11 is 0. The van der Waals surface area contributed by atoms with Crippen LogP contribution in [0.1, 0.15) is 25.7 Å². The lowest BCUT2D eigenvalue weighted by atomic mass is 10.1. The maximum atomic E-state index is 11.9. The summed E-state index contributed by atoms with van der Waals surface area (Å²) < 4.78 is 5.84. The SMILES string of the molecule is O=C(CCCCCO)Nc1ccc(-c2cc3ccccc3o2)cc1. The standard InChI is InChI=1S/C20H21NO3/c22-13-5-1-2-8-20(23)21-17-11-9-15(10-12-17)19-14-16-6-3-4-7-18(16)24-19/h3-4,6-7,9-12,14,22H,1-2,5,8,13H2,(H,21,23). The zero-order chi connectivity index (χ0) is 16.8. The lowest BCUT2D eigenvalue weighted by Crippen LogP contribution is -2.10. The lowest BCUT2D eigenvalue weighted by Gasteiger charge is -2.05. The van der Waals surface area contributed by atoms with Crippen LogP contribution >= 0.6 is 0 Å². The number of benzene rings is 2. The van der Waals surface area contributed by atoms with Gasteiger partial charge in [0.2, 0.25) is 5.91 Å². The summed E-state index contributed by atoms with van der Waals surface area (Å²) in [5, 5.41) is 12.7. The highest BCUT2D eigenvalue weighted by Gasteiger charge is 2.07. The molecule has 4 nitrogen and oxygen atoms in total.